The molecule has 0 aliphatic heterocycles. The van der Waals surface area contributed by atoms with Gasteiger partial charge in [0.15, 0.2) is 12.0 Å². The van der Waals surface area contributed by atoms with E-state index in [0.717, 1.165) is 5.56 Å². The largest absolute Gasteiger partial charge is 0.479 e. The van der Waals surface area contributed by atoms with Crippen molar-refractivity contribution in [3.8, 4) is 0 Å². The van der Waals surface area contributed by atoms with Gasteiger partial charge in [-0.15, -0.1) is 0 Å². The van der Waals surface area contributed by atoms with Crippen LogP contribution in [0.25, 0.3) is 0 Å². The second kappa shape index (κ2) is 8.60. The maximum atomic E-state index is 12.5. The van der Waals surface area contributed by atoms with Crippen molar-refractivity contribution in [2.45, 2.75) is 44.5 Å². The first-order valence-electron chi connectivity index (χ1n) is 8.02. The number of carbonyl (C=O) groups excluding carboxylic acids is 1. The molecule has 0 saturated heterocycles. The van der Waals surface area contributed by atoms with Crippen LogP contribution in [0.1, 0.15) is 38.2 Å². The standard InChI is InChI=1S/C17H20F3NO3S/c1-2-23-15(22)16(8-5-13-4-3-11-21-12-13)9-6-14(7-10-16)24-25-17(18,19)20/h3-4,6,11-12H,2,5,7-10H2,1H3. The van der Waals surface area contributed by atoms with Gasteiger partial charge in [-0.1, -0.05) is 6.07 Å². The van der Waals surface area contributed by atoms with Crippen LogP contribution in [-0.4, -0.2) is 23.1 Å². The third-order valence-corrected chi connectivity index (χ3v) is 4.62. The zero-order valence-electron chi connectivity index (χ0n) is 13.8. The Bertz CT molecular complexity index is 607. The Labute approximate surface area is 149 Å². The molecule has 0 saturated carbocycles. The van der Waals surface area contributed by atoms with Crippen molar-refractivity contribution in [1.82, 2.24) is 4.98 Å². The molecule has 1 aliphatic rings. The first kappa shape index (κ1) is 19.6. The Morgan fingerprint density at radius 1 is 1.44 bits per heavy atom. The molecular formula is C17H20F3NO3S. The Balaban J connectivity index is 2.04. The minimum Gasteiger partial charge on any atom is -0.466 e. The molecule has 0 fully saturated rings. The minimum absolute atomic E-state index is 0.253. The fraction of sp³-hybridized carbons (Fsp3) is 0.529. The lowest BCUT2D eigenvalue weighted by atomic mass is 9.72. The summed E-state index contributed by atoms with van der Waals surface area (Å²) in [7, 11) is 0. The Hall–Kier alpha value is -1.70. The number of pyridine rings is 1. The van der Waals surface area contributed by atoms with Crippen molar-refractivity contribution in [3.05, 3.63) is 41.9 Å². The van der Waals surface area contributed by atoms with Gasteiger partial charge in [-0.25, -0.2) is 0 Å². The summed E-state index contributed by atoms with van der Waals surface area (Å²) in [4.78, 5) is 16.5. The number of aryl methyl sites for hydroxylation is 1. The molecule has 0 radical (unpaired) electrons. The number of allylic oxidation sites excluding steroid dienone is 2. The summed E-state index contributed by atoms with van der Waals surface area (Å²) in [5.41, 5.74) is -4.18. The number of aromatic nitrogens is 1. The predicted molar refractivity (Wildman–Crippen MR) is 88.3 cm³/mol. The SMILES string of the molecule is CCOC(=O)C1(CCc2cccnc2)CC=C(OSC(F)(F)F)CC1. The molecule has 0 amide bonds. The molecule has 1 aliphatic carbocycles. The van der Waals surface area contributed by atoms with Gasteiger partial charge >= 0.3 is 11.5 Å². The number of alkyl halides is 3. The van der Waals surface area contributed by atoms with Crippen LogP contribution < -0.4 is 0 Å². The van der Waals surface area contributed by atoms with Crippen LogP contribution in [0.4, 0.5) is 13.2 Å². The molecule has 0 spiro atoms. The van der Waals surface area contributed by atoms with Gasteiger partial charge in [0.25, 0.3) is 0 Å². The molecule has 2 rings (SSSR count). The van der Waals surface area contributed by atoms with Crippen molar-refractivity contribution in [3.63, 3.8) is 0 Å². The first-order valence-corrected chi connectivity index (χ1v) is 8.76. The summed E-state index contributed by atoms with van der Waals surface area (Å²) >= 11 is -0.524. The Kier molecular flexibility index (Phi) is 6.75. The number of hydrogen-bond donors (Lipinski definition) is 0. The van der Waals surface area contributed by atoms with Crippen molar-refractivity contribution in [2.75, 3.05) is 6.61 Å². The van der Waals surface area contributed by atoms with E-state index in [9.17, 15) is 18.0 Å². The lowest BCUT2D eigenvalue weighted by Crippen LogP contribution is -2.35. The van der Waals surface area contributed by atoms with E-state index in [0.29, 0.717) is 25.7 Å². The molecule has 138 valence electrons. The number of ether oxygens (including phenoxy) is 1. The van der Waals surface area contributed by atoms with Gasteiger partial charge in [-0.05, 0) is 50.3 Å². The molecule has 1 heterocycles. The maximum absolute atomic E-state index is 12.5. The monoisotopic (exact) mass is 375 g/mol. The normalized spacial score (nSPS) is 20.7. The van der Waals surface area contributed by atoms with E-state index in [-0.39, 0.29) is 24.8 Å². The van der Waals surface area contributed by atoms with E-state index in [2.05, 4.69) is 4.98 Å². The zero-order valence-corrected chi connectivity index (χ0v) is 14.7. The third-order valence-electron chi connectivity index (χ3n) is 4.14. The van der Waals surface area contributed by atoms with E-state index >= 15 is 0 Å². The van der Waals surface area contributed by atoms with E-state index in [4.69, 9.17) is 8.92 Å². The quantitative estimate of drug-likeness (QED) is 0.505. The van der Waals surface area contributed by atoms with Crippen LogP contribution in [0.5, 0.6) is 0 Å². The molecule has 1 aromatic rings. The van der Waals surface area contributed by atoms with Gasteiger partial charge in [0.2, 0.25) is 0 Å². The molecule has 1 aromatic heterocycles. The van der Waals surface area contributed by atoms with Crippen LogP contribution in [0, 0.1) is 5.41 Å². The summed E-state index contributed by atoms with van der Waals surface area (Å²) in [6.45, 7) is 2.00. The topological polar surface area (TPSA) is 48.4 Å². The smallest absolute Gasteiger partial charge is 0.466 e. The van der Waals surface area contributed by atoms with Crippen molar-refractivity contribution in [2.24, 2.45) is 5.41 Å². The molecule has 25 heavy (non-hydrogen) atoms. The van der Waals surface area contributed by atoms with Gasteiger partial charge in [0.1, 0.15) is 5.76 Å². The number of esters is 1. The lowest BCUT2D eigenvalue weighted by Gasteiger charge is -2.33. The van der Waals surface area contributed by atoms with E-state index in [1.54, 1.807) is 25.4 Å². The molecule has 4 nitrogen and oxygen atoms in total. The van der Waals surface area contributed by atoms with Gasteiger partial charge in [0, 0.05) is 18.8 Å². The molecule has 0 N–H and O–H groups in total. The van der Waals surface area contributed by atoms with Crippen LogP contribution in [0.2, 0.25) is 0 Å². The second-order valence-electron chi connectivity index (χ2n) is 5.85. The van der Waals surface area contributed by atoms with E-state index < -0.39 is 23.0 Å². The molecule has 1 unspecified atom stereocenters. The summed E-state index contributed by atoms with van der Waals surface area (Å²) in [6, 6.07) is 3.76. The van der Waals surface area contributed by atoms with Crippen LogP contribution in [-0.2, 0) is 20.1 Å². The highest BCUT2D eigenvalue weighted by molar-refractivity contribution is 7.95. The van der Waals surface area contributed by atoms with Crippen LogP contribution >= 0.6 is 12.0 Å². The predicted octanol–water partition coefficient (Wildman–Crippen LogP) is 4.82. The average Bonchev–Trinajstić information content (AvgIpc) is 2.59. The van der Waals surface area contributed by atoms with Crippen molar-refractivity contribution in [1.29, 1.82) is 0 Å². The summed E-state index contributed by atoms with van der Waals surface area (Å²) < 4.78 is 46.6. The van der Waals surface area contributed by atoms with Gasteiger partial charge in [-0.3, -0.25) is 9.78 Å². The summed E-state index contributed by atoms with van der Waals surface area (Å²) in [5.74, 6) is -0.0544. The van der Waals surface area contributed by atoms with E-state index in [1.807, 2.05) is 12.1 Å². The maximum Gasteiger partial charge on any atom is 0.479 e. The van der Waals surface area contributed by atoms with Gasteiger partial charge < -0.3 is 8.92 Å². The number of rotatable bonds is 7. The summed E-state index contributed by atoms with van der Waals surface area (Å²) in [6.07, 6.45) is 7.16. The third kappa shape index (κ3) is 5.95. The molecule has 0 bridgehead atoms. The number of halogens is 3. The molecule has 0 aromatic carbocycles. The first-order chi connectivity index (χ1) is 11.8. The molecule has 1 atom stereocenters. The zero-order chi connectivity index (χ0) is 18.3. The Morgan fingerprint density at radius 3 is 2.80 bits per heavy atom. The van der Waals surface area contributed by atoms with Gasteiger partial charge in [-0.2, -0.15) is 13.2 Å². The van der Waals surface area contributed by atoms with E-state index in [1.165, 1.54) is 0 Å². The van der Waals surface area contributed by atoms with Crippen molar-refractivity contribution < 1.29 is 26.9 Å². The van der Waals surface area contributed by atoms with Crippen LogP contribution in [0.15, 0.2) is 36.4 Å². The van der Waals surface area contributed by atoms with Crippen molar-refractivity contribution >= 4 is 18.0 Å². The fourth-order valence-electron chi connectivity index (χ4n) is 2.78. The highest BCUT2D eigenvalue weighted by Crippen LogP contribution is 2.43. The average molecular weight is 375 g/mol. The molecular weight excluding hydrogens is 355 g/mol. The fourth-order valence-corrected chi connectivity index (χ4v) is 3.13. The molecule has 8 heteroatoms. The Morgan fingerprint density at radius 2 is 2.24 bits per heavy atom. The van der Waals surface area contributed by atoms with Crippen LogP contribution in [0.3, 0.4) is 0 Å². The van der Waals surface area contributed by atoms with Gasteiger partial charge in [0.05, 0.1) is 12.0 Å². The highest BCUT2D eigenvalue weighted by Gasteiger charge is 2.41. The second-order valence-corrected chi connectivity index (χ2v) is 6.65. The highest BCUT2D eigenvalue weighted by atomic mass is 32.2. The number of nitrogens with zero attached hydrogens (tertiary/aromatic N) is 1. The number of hydrogen-bond acceptors (Lipinski definition) is 5. The lowest BCUT2D eigenvalue weighted by molar-refractivity contribution is -0.156. The number of carbonyl (C=O) groups is 1. The summed E-state index contributed by atoms with van der Waals surface area (Å²) in [5, 5.41) is 0. The minimum atomic E-state index is -4.45.